The first-order chi connectivity index (χ1) is 20.8. The Hall–Kier alpha value is -6.03. The summed E-state index contributed by atoms with van der Waals surface area (Å²) in [7, 11) is 0. The highest BCUT2D eigenvalue weighted by atomic mass is 15.0. The van der Waals surface area contributed by atoms with Gasteiger partial charge in [0, 0.05) is 38.2 Å². The Morgan fingerprint density at radius 3 is 1.40 bits per heavy atom. The second kappa shape index (κ2) is 9.27. The number of para-hydroxylation sites is 4. The molecule has 0 saturated carbocycles. The van der Waals surface area contributed by atoms with Crippen LogP contribution in [0.1, 0.15) is 11.1 Å². The highest BCUT2D eigenvalue weighted by Gasteiger charge is 2.19. The van der Waals surface area contributed by atoms with Crippen molar-refractivity contribution in [3.8, 4) is 40.9 Å². The fraction of sp³-hybridized carbons (Fsp3) is 0. The smallest absolute Gasteiger partial charge is 0.0991 e. The normalized spacial score (nSPS) is 11.3. The van der Waals surface area contributed by atoms with E-state index in [1.54, 1.807) is 0 Å². The Bertz CT molecular complexity index is 2270. The number of fused-ring (bicyclic) bond motifs is 6. The highest BCUT2D eigenvalue weighted by Crippen LogP contribution is 2.40. The summed E-state index contributed by atoms with van der Waals surface area (Å²) in [4.78, 5) is 0. The molecule has 0 N–H and O–H groups in total. The average molecular weight is 534 g/mol. The molecule has 0 aliphatic rings. The summed E-state index contributed by atoms with van der Waals surface area (Å²) in [6.07, 6.45) is 5.79. The van der Waals surface area contributed by atoms with Crippen molar-refractivity contribution in [2.24, 2.45) is 0 Å². The van der Waals surface area contributed by atoms with Gasteiger partial charge >= 0.3 is 0 Å². The molecule has 0 spiro atoms. The van der Waals surface area contributed by atoms with Crippen molar-refractivity contribution in [1.29, 1.82) is 5.26 Å². The number of hydrogen-bond acceptors (Lipinski definition) is 1. The van der Waals surface area contributed by atoms with Crippen LogP contribution in [0.4, 0.5) is 0 Å². The van der Waals surface area contributed by atoms with Crippen LogP contribution in [0.3, 0.4) is 0 Å². The molecule has 194 valence electrons. The molecule has 8 rings (SSSR count). The third-order valence-corrected chi connectivity index (χ3v) is 8.22. The lowest BCUT2D eigenvalue weighted by atomic mass is 10.0. The van der Waals surface area contributed by atoms with Crippen LogP contribution in [0, 0.1) is 23.7 Å². The van der Waals surface area contributed by atoms with Crippen molar-refractivity contribution in [3.63, 3.8) is 0 Å². The number of aromatic nitrogens is 2. The van der Waals surface area contributed by atoms with Crippen LogP contribution in [0.2, 0.25) is 0 Å². The van der Waals surface area contributed by atoms with E-state index in [-0.39, 0.29) is 0 Å². The van der Waals surface area contributed by atoms with Crippen molar-refractivity contribution in [3.05, 3.63) is 145 Å². The van der Waals surface area contributed by atoms with E-state index in [9.17, 15) is 5.26 Å². The van der Waals surface area contributed by atoms with Gasteiger partial charge in [0.1, 0.15) is 0 Å². The van der Waals surface area contributed by atoms with E-state index in [2.05, 4.69) is 136 Å². The van der Waals surface area contributed by atoms with Gasteiger partial charge in [0.05, 0.1) is 45.1 Å². The van der Waals surface area contributed by atoms with Gasteiger partial charge in [-0.15, -0.1) is 6.42 Å². The molecule has 0 amide bonds. The standard InChI is InChI=1S/C39H23N3/c1-2-26-19-21-38-32(23-26)30-13-5-9-17-36(30)41(38)34-15-7-3-11-28(34)29-12-4-8-16-35(29)42-37-18-10-6-14-31(37)33-24-27(25-40)20-22-39(33)42/h1,3-24H. The lowest BCUT2D eigenvalue weighted by molar-refractivity contribution is 1.16. The number of nitriles is 1. The summed E-state index contributed by atoms with van der Waals surface area (Å²) >= 11 is 0. The molecular formula is C39H23N3. The minimum Gasteiger partial charge on any atom is -0.309 e. The van der Waals surface area contributed by atoms with Crippen molar-refractivity contribution in [2.45, 2.75) is 0 Å². The van der Waals surface area contributed by atoms with E-state index in [0.717, 1.165) is 66.3 Å². The molecule has 0 aliphatic carbocycles. The Balaban J connectivity index is 1.45. The Kier molecular flexibility index (Phi) is 5.26. The zero-order valence-corrected chi connectivity index (χ0v) is 22.6. The van der Waals surface area contributed by atoms with Crippen LogP contribution >= 0.6 is 0 Å². The number of benzene rings is 6. The van der Waals surface area contributed by atoms with Gasteiger partial charge in [-0.3, -0.25) is 0 Å². The van der Waals surface area contributed by atoms with Crippen LogP contribution in [-0.4, -0.2) is 9.13 Å². The summed E-state index contributed by atoms with van der Waals surface area (Å²) in [6, 6.07) is 48.6. The molecule has 8 aromatic rings. The van der Waals surface area contributed by atoms with Gasteiger partial charge < -0.3 is 9.13 Å². The topological polar surface area (TPSA) is 33.6 Å². The number of terminal acetylenes is 1. The molecule has 0 fully saturated rings. The van der Waals surface area contributed by atoms with Gasteiger partial charge in [-0.1, -0.05) is 78.7 Å². The third-order valence-electron chi connectivity index (χ3n) is 8.22. The largest absolute Gasteiger partial charge is 0.309 e. The van der Waals surface area contributed by atoms with Crippen LogP contribution in [-0.2, 0) is 0 Å². The fourth-order valence-corrected chi connectivity index (χ4v) is 6.42. The van der Waals surface area contributed by atoms with E-state index in [1.807, 2.05) is 18.2 Å². The Morgan fingerprint density at radius 2 is 0.881 bits per heavy atom. The van der Waals surface area contributed by atoms with E-state index in [4.69, 9.17) is 6.42 Å². The number of hydrogen-bond donors (Lipinski definition) is 0. The van der Waals surface area contributed by atoms with Crippen LogP contribution < -0.4 is 0 Å². The molecule has 2 aromatic heterocycles. The van der Waals surface area contributed by atoms with E-state index >= 15 is 0 Å². The summed E-state index contributed by atoms with van der Waals surface area (Å²) in [5.74, 6) is 2.80. The summed E-state index contributed by atoms with van der Waals surface area (Å²) in [5, 5.41) is 14.1. The van der Waals surface area contributed by atoms with Crippen LogP contribution in [0.5, 0.6) is 0 Å². The monoisotopic (exact) mass is 533 g/mol. The zero-order valence-electron chi connectivity index (χ0n) is 22.6. The van der Waals surface area contributed by atoms with Crippen molar-refractivity contribution < 1.29 is 0 Å². The Labute approximate surface area is 243 Å². The third kappa shape index (κ3) is 3.42. The van der Waals surface area contributed by atoms with Gasteiger partial charge in [-0.05, 0) is 60.7 Å². The first-order valence-electron chi connectivity index (χ1n) is 13.9. The predicted molar refractivity (Wildman–Crippen MR) is 173 cm³/mol. The maximum Gasteiger partial charge on any atom is 0.0991 e. The first-order valence-corrected chi connectivity index (χ1v) is 13.9. The van der Waals surface area contributed by atoms with E-state index in [1.165, 1.54) is 5.39 Å². The maximum atomic E-state index is 9.62. The minimum atomic E-state index is 0.656. The van der Waals surface area contributed by atoms with E-state index in [0.29, 0.717) is 5.56 Å². The zero-order chi connectivity index (χ0) is 28.2. The lowest BCUT2D eigenvalue weighted by Crippen LogP contribution is -2.01. The number of rotatable bonds is 3. The van der Waals surface area contributed by atoms with Crippen molar-refractivity contribution >= 4 is 43.6 Å². The fourth-order valence-electron chi connectivity index (χ4n) is 6.42. The molecule has 42 heavy (non-hydrogen) atoms. The summed E-state index contributed by atoms with van der Waals surface area (Å²) in [5.41, 5.74) is 10.4. The first kappa shape index (κ1) is 23.8. The number of nitrogens with zero attached hydrogens (tertiary/aromatic N) is 3. The second-order valence-corrected chi connectivity index (χ2v) is 10.5. The molecule has 3 nitrogen and oxygen atoms in total. The van der Waals surface area contributed by atoms with Gasteiger partial charge in [-0.2, -0.15) is 5.26 Å². The predicted octanol–water partition coefficient (Wildman–Crippen LogP) is 9.40. The molecule has 0 unspecified atom stereocenters. The lowest BCUT2D eigenvalue weighted by Gasteiger charge is -2.18. The van der Waals surface area contributed by atoms with Crippen molar-refractivity contribution in [1.82, 2.24) is 9.13 Å². The summed E-state index contributed by atoms with van der Waals surface area (Å²) < 4.78 is 4.67. The summed E-state index contributed by atoms with van der Waals surface area (Å²) in [6.45, 7) is 0. The minimum absolute atomic E-state index is 0.656. The van der Waals surface area contributed by atoms with Crippen LogP contribution in [0.15, 0.2) is 133 Å². The highest BCUT2D eigenvalue weighted by molar-refractivity contribution is 6.11. The average Bonchev–Trinajstić information content (AvgIpc) is 3.56. The van der Waals surface area contributed by atoms with Crippen LogP contribution in [0.25, 0.3) is 66.1 Å². The second-order valence-electron chi connectivity index (χ2n) is 10.5. The molecule has 0 radical (unpaired) electrons. The quantitative estimate of drug-likeness (QED) is 0.208. The maximum absolute atomic E-state index is 9.62. The SMILES string of the molecule is C#Cc1ccc2c(c1)c1ccccc1n2-c1ccccc1-c1ccccc1-n1c2ccccc2c2cc(C#N)ccc21. The Morgan fingerprint density at radius 1 is 0.452 bits per heavy atom. The molecule has 6 aromatic carbocycles. The van der Waals surface area contributed by atoms with Gasteiger partial charge in [0.15, 0.2) is 0 Å². The van der Waals surface area contributed by atoms with Gasteiger partial charge in [0.25, 0.3) is 0 Å². The molecular weight excluding hydrogens is 510 g/mol. The molecule has 3 heteroatoms. The van der Waals surface area contributed by atoms with E-state index < -0.39 is 0 Å². The van der Waals surface area contributed by atoms with Gasteiger partial charge in [-0.25, -0.2) is 0 Å². The molecule has 0 aliphatic heterocycles. The molecule has 0 atom stereocenters. The molecule has 0 bridgehead atoms. The van der Waals surface area contributed by atoms with Gasteiger partial charge in [0.2, 0.25) is 0 Å². The molecule has 2 heterocycles. The van der Waals surface area contributed by atoms with Crippen molar-refractivity contribution in [2.75, 3.05) is 0 Å². The molecule has 0 saturated heterocycles.